The van der Waals surface area contributed by atoms with E-state index in [1.807, 2.05) is 12.1 Å². The molecule has 0 saturated carbocycles. The molecular formula is C12H18BrN. The highest BCUT2D eigenvalue weighted by Crippen LogP contribution is 2.20. The highest BCUT2D eigenvalue weighted by Gasteiger charge is 2.04. The molecule has 0 aliphatic carbocycles. The Morgan fingerprint density at radius 1 is 1.36 bits per heavy atom. The lowest BCUT2D eigenvalue weighted by Gasteiger charge is -2.11. The minimum absolute atomic E-state index is 0.194. The number of benzene rings is 1. The highest BCUT2D eigenvalue weighted by molar-refractivity contribution is 9.10. The van der Waals surface area contributed by atoms with Gasteiger partial charge in [-0.2, -0.15) is 0 Å². The molecule has 0 aliphatic rings. The van der Waals surface area contributed by atoms with Gasteiger partial charge < -0.3 is 5.73 Å². The maximum atomic E-state index is 6.08. The highest BCUT2D eigenvalue weighted by atomic mass is 79.9. The van der Waals surface area contributed by atoms with E-state index < -0.39 is 0 Å². The number of rotatable bonds is 5. The van der Waals surface area contributed by atoms with E-state index >= 15 is 0 Å². The van der Waals surface area contributed by atoms with Crippen LogP contribution in [0.4, 0.5) is 0 Å². The summed E-state index contributed by atoms with van der Waals surface area (Å²) in [7, 11) is 0. The second-order valence-electron chi connectivity index (χ2n) is 3.66. The van der Waals surface area contributed by atoms with Crippen LogP contribution in [0.2, 0.25) is 0 Å². The summed E-state index contributed by atoms with van der Waals surface area (Å²) < 4.78 is 1.11. The fraction of sp³-hybridized carbons (Fsp3) is 0.500. The van der Waals surface area contributed by atoms with Gasteiger partial charge in [-0.25, -0.2) is 0 Å². The van der Waals surface area contributed by atoms with Crippen LogP contribution in [0.25, 0.3) is 0 Å². The Bertz CT molecular complexity index is 273. The summed E-state index contributed by atoms with van der Waals surface area (Å²) >= 11 is 3.46. The van der Waals surface area contributed by atoms with Crippen LogP contribution in [0.1, 0.15) is 44.2 Å². The van der Waals surface area contributed by atoms with Gasteiger partial charge in [0, 0.05) is 10.5 Å². The van der Waals surface area contributed by atoms with Gasteiger partial charge in [-0.15, -0.1) is 0 Å². The number of halogens is 1. The number of unbranched alkanes of at least 4 members (excludes halogenated alkanes) is 2. The normalized spacial score (nSPS) is 12.8. The molecule has 1 rings (SSSR count). The molecule has 2 N–H and O–H groups in total. The van der Waals surface area contributed by atoms with Crippen molar-refractivity contribution in [2.75, 3.05) is 0 Å². The lowest BCUT2D eigenvalue weighted by molar-refractivity contribution is 0.581. The van der Waals surface area contributed by atoms with Gasteiger partial charge in [0.15, 0.2) is 0 Å². The molecule has 14 heavy (non-hydrogen) atoms. The fourth-order valence-electron chi connectivity index (χ4n) is 1.52. The quantitative estimate of drug-likeness (QED) is 0.791. The first-order valence-electron chi connectivity index (χ1n) is 5.25. The average Bonchev–Trinajstić information content (AvgIpc) is 2.18. The largest absolute Gasteiger partial charge is 0.324 e. The summed E-state index contributed by atoms with van der Waals surface area (Å²) in [5.74, 6) is 0. The van der Waals surface area contributed by atoms with E-state index in [0.717, 1.165) is 10.9 Å². The third-order valence-corrected chi connectivity index (χ3v) is 2.89. The minimum Gasteiger partial charge on any atom is -0.324 e. The molecule has 0 fully saturated rings. The Kier molecular flexibility index (Phi) is 5.20. The van der Waals surface area contributed by atoms with Gasteiger partial charge in [0.05, 0.1) is 0 Å². The van der Waals surface area contributed by atoms with Crippen molar-refractivity contribution in [1.29, 1.82) is 0 Å². The number of hydrogen-bond acceptors (Lipinski definition) is 1. The molecule has 0 radical (unpaired) electrons. The van der Waals surface area contributed by atoms with E-state index in [0.29, 0.717) is 0 Å². The summed E-state index contributed by atoms with van der Waals surface area (Å²) in [6.45, 7) is 2.21. The standard InChI is InChI=1S/C12H18BrN/c1-2-3-4-8-12(14)10-6-5-7-11(13)9-10/h5-7,9,12H,2-4,8,14H2,1H3/t12-/m1/s1. The predicted octanol–water partition coefficient (Wildman–Crippen LogP) is 4.03. The molecule has 1 aromatic rings. The van der Waals surface area contributed by atoms with E-state index in [4.69, 9.17) is 5.73 Å². The molecule has 2 heteroatoms. The SMILES string of the molecule is CCCCC[C@@H](N)c1cccc(Br)c1. The van der Waals surface area contributed by atoms with Crippen molar-refractivity contribution in [2.45, 2.75) is 38.6 Å². The topological polar surface area (TPSA) is 26.0 Å². The Balaban J connectivity index is 2.47. The summed E-state index contributed by atoms with van der Waals surface area (Å²) in [6, 6.07) is 8.47. The number of nitrogens with two attached hydrogens (primary N) is 1. The van der Waals surface area contributed by atoms with Crippen molar-refractivity contribution in [3.05, 3.63) is 34.3 Å². The van der Waals surface area contributed by atoms with Crippen molar-refractivity contribution in [2.24, 2.45) is 5.73 Å². The first-order chi connectivity index (χ1) is 6.74. The van der Waals surface area contributed by atoms with Gasteiger partial charge in [-0.3, -0.25) is 0 Å². The molecular weight excluding hydrogens is 238 g/mol. The zero-order valence-corrected chi connectivity index (χ0v) is 10.3. The lowest BCUT2D eigenvalue weighted by atomic mass is 10.0. The van der Waals surface area contributed by atoms with Gasteiger partial charge in [0.2, 0.25) is 0 Å². The number of hydrogen-bond donors (Lipinski definition) is 1. The van der Waals surface area contributed by atoms with Crippen LogP contribution in [0.3, 0.4) is 0 Å². The van der Waals surface area contributed by atoms with Crippen LogP contribution in [0.15, 0.2) is 28.7 Å². The van der Waals surface area contributed by atoms with Crippen molar-refractivity contribution in [3.8, 4) is 0 Å². The molecule has 0 heterocycles. The molecule has 1 atom stereocenters. The maximum Gasteiger partial charge on any atom is 0.0295 e. The summed E-state index contributed by atoms with van der Waals surface area (Å²) in [5.41, 5.74) is 7.32. The zero-order valence-electron chi connectivity index (χ0n) is 8.67. The van der Waals surface area contributed by atoms with E-state index in [-0.39, 0.29) is 6.04 Å². The summed E-state index contributed by atoms with van der Waals surface area (Å²) in [4.78, 5) is 0. The predicted molar refractivity (Wildman–Crippen MR) is 65.2 cm³/mol. The lowest BCUT2D eigenvalue weighted by Crippen LogP contribution is -2.09. The molecule has 1 aromatic carbocycles. The zero-order chi connectivity index (χ0) is 10.4. The first kappa shape index (κ1) is 11.7. The van der Waals surface area contributed by atoms with Crippen LogP contribution in [-0.4, -0.2) is 0 Å². The molecule has 0 unspecified atom stereocenters. The van der Waals surface area contributed by atoms with E-state index in [1.54, 1.807) is 0 Å². The van der Waals surface area contributed by atoms with E-state index in [9.17, 15) is 0 Å². The minimum atomic E-state index is 0.194. The van der Waals surface area contributed by atoms with Crippen LogP contribution in [0.5, 0.6) is 0 Å². The smallest absolute Gasteiger partial charge is 0.0295 e. The fourth-order valence-corrected chi connectivity index (χ4v) is 1.94. The third-order valence-electron chi connectivity index (χ3n) is 2.40. The summed E-state index contributed by atoms with van der Waals surface area (Å²) in [5, 5.41) is 0. The molecule has 0 bridgehead atoms. The van der Waals surface area contributed by atoms with Gasteiger partial charge in [-0.05, 0) is 24.1 Å². The molecule has 1 nitrogen and oxygen atoms in total. The van der Waals surface area contributed by atoms with Gasteiger partial charge in [-0.1, -0.05) is 54.2 Å². The van der Waals surface area contributed by atoms with Crippen molar-refractivity contribution in [1.82, 2.24) is 0 Å². The Morgan fingerprint density at radius 2 is 2.14 bits per heavy atom. The summed E-state index contributed by atoms with van der Waals surface area (Å²) in [6.07, 6.45) is 4.85. The Hall–Kier alpha value is -0.340. The second kappa shape index (κ2) is 6.20. The molecule has 0 aromatic heterocycles. The van der Waals surface area contributed by atoms with Gasteiger partial charge >= 0.3 is 0 Å². The monoisotopic (exact) mass is 255 g/mol. The van der Waals surface area contributed by atoms with Crippen LogP contribution < -0.4 is 5.73 Å². The molecule has 0 amide bonds. The van der Waals surface area contributed by atoms with Crippen LogP contribution in [0, 0.1) is 0 Å². The van der Waals surface area contributed by atoms with Crippen molar-refractivity contribution >= 4 is 15.9 Å². The van der Waals surface area contributed by atoms with Gasteiger partial charge in [0.25, 0.3) is 0 Å². The third kappa shape index (κ3) is 3.81. The average molecular weight is 256 g/mol. The molecule has 0 aliphatic heterocycles. The maximum absolute atomic E-state index is 6.08. The van der Waals surface area contributed by atoms with E-state index in [1.165, 1.54) is 24.8 Å². The Morgan fingerprint density at radius 3 is 2.79 bits per heavy atom. The van der Waals surface area contributed by atoms with E-state index in [2.05, 4.69) is 35.0 Å². The van der Waals surface area contributed by atoms with Crippen LogP contribution >= 0.6 is 15.9 Å². The Labute approximate surface area is 94.8 Å². The molecule has 78 valence electrons. The van der Waals surface area contributed by atoms with Crippen molar-refractivity contribution < 1.29 is 0 Å². The van der Waals surface area contributed by atoms with Crippen LogP contribution in [-0.2, 0) is 0 Å². The van der Waals surface area contributed by atoms with Crippen molar-refractivity contribution in [3.63, 3.8) is 0 Å². The first-order valence-corrected chi connectivity index (χ1v) is 6.04. The molecule has 0 spiro atoms. The second-order valence-corrected chi connectivity index (χ2v) is 4.57. The van der Waals surface area contributed by atoms with Gasteiger partial charge in [0.1, 0.15) is 0 Å². The molecule has 0 saturated heterocycles.